The zero-order valence-corrected chi connectivity index (χ0v) is 79.5. The number of piperidine rings is 1. The highest BCUT2D eigenvalue weighted by Crippen LogP contribution is 2.41. The van der Waals surface area contributed by atoms with Gasteiger partial charge in [0.2, 0.25) is 5.91 Å². The van der Waals surface area contributed by atoms with Crippen LogP contribution in [0.25, 0.3) is 67.6 Å². The lowest BCUT2D eigenvalue weighted by molar-refractivity contribution is -0.182. The molecule has 0 saturated carbocycles. The number of esters is 1. The first-order valence-corrected chi connectivity index (χ1v) is 46.8. The molecule has 0 atom stereocenters. The quantitative estimate of drug-likeness (QED) is 0.0799. The molecular formula is C101H113F4N19O14. The second kappa shape index (κ2) is 38.1. The Morgan fingerprint density at radius 2 is 0.768 bits per heavy atom. The number of aliphatic hydroxyl groups is 1. The second-order valence-corrected chi connectivity index (χ2v) is 39.5. The zero-order valence-electron chi connectivity index (χ0n) is 79.5. The first-order chi connectivity index (χ1) is 65.7. The van der Waals surface area contributed by atoms with Crippen molar-refractivity contribution in [2.45, 2.75) is 186 Å². The van der Waals surface area contributed by atoms with Crippen molar-refractivity contribution >= 4 is 70.1 Å². The smallest absolute Gasteiger partial charge is 0.410 e. The molecular weight excluding hydrogens is 1780 g/mol. The summed E-state index contributed by atoms with van der Waals surface area (Å²) in [5.41, 5.74) is 8.43. The number of nitrogens with zero attached hydrogens (tertiary/aromatic N) is 18. The van der Waals surface area contributed by atoms with Crippen LogP contribution in [0.5, 0.6) is 0 Å². The minimum Gasteiger partial charge on any atom is -0.459 e. The highest BCUT2D eigenvalue weighted by atomic mass is 19.1. The SMILES string of the molecule is CC(C)c1cc(-c2ccc(F)cc2)nn2cc(C(=O)N3CCC4(CCC(=O)O4)CC3)nc12.CC(C)c1cc(-c2ccc(F)cc2)nn2cc(C(=O)N3CCN(C(=O)C4(O)CCOCC4)CC34COC4)nc12.CC(C)c1cc(-c2ccc(F)cc2)nn2cc(C(=O)N3CCN(C(=O)OC(C)(C)C)CC34COC4)nc12.CC(C)c1cc(-c2ccc(F)cc2)nn2cc(C(=O)N3CCNC(=O)C3(C)C)nc12. The Morgan fingerprint density at radius 1 is 0.428 bits per heavy atom. The minimum atomic E-state index is -1.43. The molecule has 8 aliphatic heterocycles. The monoisotopic (exact) mass is 1890 g/mol. The van der Waals surface area contributed by atoms with Crippen LogP contribution in [0.4, 0.5) is 22.4 Å². The van der Waals surface area contributed by atoms with Gasteiger partial charge < -0.3 is 63.5 Å². The second-order valence-electron chi connectivity index (χ2n) is 39.5. The molecule has 724 valence electrons. The van der Waals surface area contributed by atoms with Crippen LogP contribution in [0.1, 0.15) is 216 Å². The van der Waals surface area contributed by atoms with Crippen molar-refractivity contribution in [1.82, 2.24) is 93.1 Å². The number of rotatable bonds is 13. The molecule has 0 radical (unpaired) electrons. The van der Waals surface area contributed by atoms with Gasteiger partial charge in [0.1, 0.15) is 79.5 Å². The minimum absolute atomic E-state index is 0.108. The first-order valence-electron chi connectivity index (χ1n) is 46.8. The molecule has 7 amide bonds. The summed E-state index contributed by atoms with van der Waals surface area (Å²) < 4.78 is 87.5. The summed E-state index contributed by atoms with van der Waals surface area (Å²) in [6.07, 6.45) is 9.17. The van der Waals surface area contributed by atoms with Gasteiger partial charge in [-0.2, -0.15) is 20.4 Å². The molecule has 8 aliphatic rings. The van der Waals surface area contributed by atoms with Crippen molar-refractivity contribution in [3.8, 4) is 45.0 Å². The normalized spacial score (nSPS) is 18.1. The molecule has 4 aromatic carbocycles. The Morgan fingerprint density at radius 3 is 1.09 bits per heavy atom. The largest absolute Gasteiger partial charge is 0.459 e. The molecule has 138 heavy (non-hydrogen) atoms. The number of amides is 7. The Kier molecular flexibility index (Phi) is 26.6. The van der Waals surface area contributed by atoms with Gasteiger partial charge in [0, 0.05) is 149 Å². The number of hydrogen-bond donors (Lipinski definition) is 2. The summed E-state index contributed by atoms with van der Waals surface area (Å²) >= 11 is 0. The topological polar surface area (TPSA) is 355 Å². The highest BCUT2D eigenvalue weighted by Gasteiger charge is 2.55. The number of carbonyl (C=O) groups is 8. The number of nitrogens with one attached hydrogen (secondary N) is 1. The van der Waals surface area contributed by atoms with Crippen molar-refractivity contribution in [1.29, 1.82) is 0 Å². The van der Waals surface area contributed by atoms with Gasteiger partial charge >= 0.3 is 12.1 Å². The molecule has 3 spiro atoms. The van der Waals surface area contributed by atoms with Crippen molar-refractivity contribution in [2.75, 3.05) is 105 Å². The van der Waals surface area contributed by atoms with E-state index >= 15 is 0 Å². The number of ether oxygens (including phenoxy) is 5. The van der Waals surface area contributed by atoms with Crippen LogP contribution >= 0.6 is 0 Å². The first kappa shape index (κ1) is 96.2. The number of hydrogen-bond acceptors (Lipinski definition) is 22. The molecule has 0 unspecified atom stereocenters. The lowest BCUT2D eigenvalue weighted by atomic mass is 9.88. The third-order valence-corrected chi connectivity index (χ3v) is 26.8. The fourth-order valence-corrected chi connectivity index (χ4v) is 18.8. The fourth-order valence-electron chi connectivity index (χ4n) is 18.8. The van der Waals surface area contributed by atoms with Gasteiger partial charge in [0.15, 0.2) is 22.6 Å². The maximum Gasteiger partial charge on any atom is 0.410 e. The Labute approximate surface area is 794 Å². The summed E-state index contributed by atoms with van der Waals surface area (Å²) in [7, 11) is 0. The Hall–Kier alpha value is -13.5. The molecule has 16 heterocycles. The van der Waals surface area contributed by atoms with E-state index in [4.69, 9.17) is 28.7 Å². The highest BCUT2D eigenvalue weighted by molar-refractivity contribution is 6.00. The maximum atomic E-state index is 13.8. The average Bonchev–Trinajstić information content (AvgIpc) is 1.06. The number of benzene rings is 4. The van der Waals surface area contributed by atoms with Gasteiger partial charge in [0.05, 0.1) is 80.5 Å². The van der Waals surface area contributed by atoms with E-state index in [0.717, 1.165) is 50.9 Å². The Balaban J connectivity index is 0.000000128. The van der Waals surface area contributed by atoms with Gasteiger partial charge in [0.25, 0.3) is 29.5 Å². The van der Waals surface area contributed by atoms with Gasteiger partial charge in [-0.05, 0) is 186 Å². The third kappa shape index (κ3) is 19.5. The van der Waals surface area contributed by atoms with Crippen LogP contribution in [-0.2, 0) is 38.1 Å². The van der Waals surface area contributed by atoms with Crippen LogP contribution in [0, 0.1) is 23.3 Å². The molecule has 20 rings (SSSR count). The van der Waals surface area contributed by atoms with E-state index in [9.17, 15) is 61.0 Å². The van der Waals surface area contributed by atoms with E-state index in [-0.39, 0.29) is 118 Å². The van der Waals surface area contributed by atoms with Gasteiger partial charge in [-0.1, -0.05) is 55.4 Å². The van der Waals surface area contributed by atoms with Crippen molar-refractivity contribution in [3.05, 3.63) is 214 Å². The van der Waals surface area contributed by atoms with Crippen molar-refractivity contribution < 1.29 is 84.7 Å². The maximum absolute atomic E-state index is 13.8. The number of aromatic nitrogens is 12. The van der Waals surface area contributed by atoms with E-state index < -0.39 is 39.5 Å². The van der Waals surface area contributed by atoms with E-state index in [2.05, 4.69) is 68.4 Å². The molecule has 33 nitrogen and oxygen atoms in total. The van der Waals surface area contributed by atoms with Crippen LogP contribution in [0.3, 0.4) is 0 Å². The predicted molar refractivity (Wildman–Crippen MR) is 500 cm³/mol. The fraction of sp³-hybridized carbons (Fsp3) is 0.446. The van der Waals surface area contributed by atoms with Crippen LogP contribution in [0.15, 0.2) is 146 Å². The number of fused-ring (bicyclic) bond motifs is 4. The van der Waals surface area contributed by atoms with E-state index in [1.54, 1.807) is 135 Å². The molecule has 8 saturated heterocycles. The Bertz CT molecular complexity index is 6670. The lowest BCUT2D eigenvalue weighted by Gasteiger charge is -2.55. The summed E-state index contributed by atoms with van der Waals surface area (Å²) in [5.74, 6) is -2.29. The van der Waals surface area contributed by atoms with Gasteiger partial charge in [-0.25, -0.2) is 60.4 Å². The molecule has 2 N–H and O–H groups in total. The van der Waals surface area contributed by atoms with Gasteiger partial charge in [-0.15, -0.1) is 0 Å². The summed E-state index contributed by atoms with van der Waals surface area (Å²) in [5, 5.41) is 32.3. The van der Waals surface area contributed by atoms with Gasteiger partial charge in [-0.3, -0.25) is 33.6 Å². The number of imidazole rings is 4. The summed E-state index contributed by atoms with van der Waals surface area (Å²) in [4.78, 5) is 132. The van der Waals surface area contributed by atoms with Crippen LogP contribution in [-0.4, -0.2) is 279 Å². The molecule has 0 bridgehead atoms. The van der Waals surface area contributed by atoms with Crippen molar-refractivity contribution in [2.24, 2.45) is 0 Å². The predicted octanol–water partition coefficient (Wildman–Crippen LogP) is 13.4. The molecule has 37 heteroatoms. The zero-order chi connectivity index (χ0) is 98.0. The average molecular weight is 1890 g/mol. The molecule has 0 aliphatic carbocycles. The lowest BCUT2D eigenvalue weighted by Crippen LogP contribution is -2.74. The molecule has 12 aromatic rings. The number of carbonyl (C=O) groups excluding carboxylic acids is 8. The third-order valence-electron chi connectivity index (χ3n) is 26.8. The number of halogens is 4. The van der Waals surface area contributed by atoms with Crippen LogP contribution in [0.2, 0.25) is 0 Å². The standard InChI is InChI=1S/C28H32FN5O5.C27H32FN5O4.C24H25FN4O3.C22H24FN5O2/c1-18(2)21-13-22(19-3-5-20(29)6-4-19)31-34-14-23(30-24(21)34)25(35)33-10-9-32(15-27(33)16-39-17-27)26(36)28(37)7-11-38-12-8-28;1-17(2)20-12-21(18-6-8-19(28)9-7-18)30-33-13-22(29-23(20)33)24(34)32-11-10-31(14-27(32)15-36-16-27)25(35)37-26(3,4)5;1-15(2)18-13-19(16-3-5-17(25)6-4-16)27-29-14-20(26-22(18)29)23(31)28-11-9-24(10-12-28)8-7-21(30)32-24;1-13(2)16-11-17(14-5-7-15(23)8-6-14)26-28-12-18(25-19(16)28)20(29)27-10-9-24-21(30)22(27,3)4/h3-6,13-14,18,37H,7-12,15-17H2,1-2H3;6-9,12-13,17H,10-11,14-16H2,1-5H3;3-6,13-15H,7-12H2,1-2H3;5-8,11-13H,9-10H2,1-4H3,(H,24,30). The number of likely N-dealkylation sites (tertiary alicyclic amines) is 1. The van der Waals surface area contributed by atoms with Crippen molar-refractivity contribution in [3.63, 3.8) is 0 Å². The number of piperazine rings is 3. The van der Waals surface area contributed by atoms with E-state index in [1.165, 1.54) is 48.5 Å². The molecule has 8 fully saturated rings. The summed E-state index contributed by atoms with van der Waals surface area (Å²) in [6, 6.07) is 32.4. The van der Waals surface area contributed by atoms with E-state index in [1.807, 2.05) is 72.7 Å². The summed E-state index contributed by atoms with van der Waals surface area (Å²) in [6.45, 7) is 31.2. The van der Waals surface area contributed by atoms with E-state index in [0.29, 0.717) is 175 Å². The molecule has 8 aromatic heterocycles. The van der Waals surface area contributed by atoms with Crippen LogP contribution < -0.4 is 5.32 Å².